The molecular formula is C15H19N3O2. The summed E-state index contributed by atoms with van der Waals surface area (Å²) in [5, 5.41) is 14.6. The monoisotopic (exact) mass is 273 g/mol. The molecule has 2 unspecified atom stereocenters. The van der Waals surface area contributed by atoms with Crippen molar-refractivity contribution in [2.75, 3.05) is 24.2 Å². The molecule has 106 valence electrons. The van der Waals surface area contributed by atoms with Crippen LogP contribution in [0.4, 0.5) is 11.5 Å². The summed E-state index contributed by atoms with van der Waals surface area (Å²) in [6.07, 6.45) is 0.487. The van der Waals surface area contributed by atoms with Crippen LogP contribution in [0.2, 0.25) is 0 Å². The lowest BCUT2D eigenvalue weighted by Gasteiger charge is -2.26. The normalized spacial score (nSPS) is 26.0. The molecule has 0 spiro atoms. The van der Waals surface area contributed by atoms with E-state index in [0.29, 0.717) is 19.6 Å². The molecule has 4 N–H and O–H groups in total. The van der Waals surface area contributed by atoms with Crippen LogP contribution < -0.4 is 11.1 Å². The Kier molecular flexibility index (Phi) is 3.23. The highest BCUT2D eigenvalue weighted by molar-refractivity contribution is 5.83. The van der Waals surface area contributed by atoms with Crippen molar-refractivity contribution >= 4 is 22.4 Å². The van der Waals surface area contributed by atoms with Crippen LogP contribution in [-0.2, 0) is 4.74 Å². The lowest BCUT2D eigenvalue weighted by Crippen LogP contribution is -2.43. The zero-order valence-corrected chi connectivity index (χ0v) is 11.5. The van der Waals surface area contributed by atoms with Crippen LogP contribution in [0.5, 0.6) is 0 Å². The second-order valence-electron chi connectivity index (χ2n) is 5.37. The number of aromatic nitrogens is 1. The fourth-order valence-corrected chi connectivity index (χ4v) is 2.49. The number of rotatable bonds is 3. The summed E-state index contributed by atoms with van der Waals surface area (Å²) < 4.78 is 5.42. The third kappa shape index (κ3) is 2.42. The van der Waals surface area contributed by atoms with Crippen molar-refractivity contribution < 1.29 is 9.84 Å². The number of nitrogens with one attached hydrogen (secondary N) is 1. The molecule has 5 heteroatoms. The van der Waals surface area contributed by atoms with E-state index in [-0.39, 0.29) is 6.10 Å². The summed E-state index contributed by atoms with van der Waals surface area (Å²) in [6, 6.07) is 9.49. The number of pyridine rings is 1. The van der Waals surface area contributed by atoms with Gasteiger partial charge in [0.2, 0.25) is 0 Å². The summed E-state index contributed by atoms with van der Waals surface area (Å²) in [6.45, 7) is 2.93. The number of nitrogen functional groups attached to an aromatic ring is 1. The van der Waals surface area contributed by atoms with Gasteiger partial charge in [0.15, 0.2) is 0 Å². The molecule has 0 aliphatic carbocycles. The van der Waals surface area contributed by atoms with Gasteiger partial charge in [-0.15, -0.1) is 0 Å². The number of ether oxygens (including phenoxy) is 1. The molecule has 5 nitrogen and oxygen atoms in total. The fraction of sp³-hybridized carbons (Fsp3) is 0.400. The van der Waals surface area contributed by atoms with Crippen molar-refractivity contribution in [1.82, 2.24) is 4.98 Å². The Hall–Kier alpha value is -1.85. The van der Waals surface area contributed by atoms with E-state index in [1.54, 1.807) is 0 Å². The van der Waals surface area contributed by atoms with E-state index in [4.69, 9.17) is 10.5 Å². The maximum Gasteiger partial charge on any atom is 0.126 e. The first-order valence-corrected chi connectivity index (χ1v) is 6.81. The maximum absolute atomic E-state index is 10.4. The molecule has 2 aromatic rings. The van der Waals surface area contributed by atoms with Crippen molar-refractivity contribution in [3.05, 3.63) is 30.3 Å². The highest BCUT2D eigenvalue weighted by atomic mass is 16.5. The van der Waals surface area contributed by atoms with Crippen molar-refractivity contribution in [2.24, 2.45) is 0 Å². The lowest BCUT2D eigenvalue weighted by molar-refractivity contribution is -0.0176. The molecule has 1 fully saturated rings. The van der Waals surface area contributed by atoms with Crippen LogP contribution in [-0.4, -0.2) is 34.9 Å². The minimum Gasteiger partial charge on any atom is -0.399 e. The average Bonchev–Trinajstić information content (AvgIpc) is 2.77. The Bertz CT molecular complexity index is 632. The first-order valence-electron chi connectivity index (χ1n) is 6.81. The van der Waals surface area contributed by atoms with Crippen molar-refractivity contribution in [2.45, 2.75) is 25.0 Å². The summed E-state index contributed by atoms with van der Waals surface area (Å²) >= 11 is 0. The van der Waals surface area contributed by atoms with E-state index >= 15 is 0 Å². The third-order valence-electron chi connectivity index (χ3n) is 3.95. The lowest BCUT2D eigenvalue weighted by atomic mass is 9.97. The van der Waals surface area contributed by atoms with E-state index < -0.39 is 5.60 Å². The van der Waals surface area contributed by atoms with E-state index in [0.717, 1.165) is 22.4 Å². The number of nitrogens with zero attached hydrogens (tertiary/aromatic N) is 1. The highest BCUT2D eigenvalue weighted by Crippen LogP contribution is 2.26. The van der Waals surface area contributed by atoms with Crippen LogP contribution in [0.25, 0.3) is 10.9 Å². The molecule has 0 radical (unpaired) electrons. The van der Waals surface area contributed by atoms with Gasteiger partial charge in [-0.2, -0.15) is 0 Å². The summed E-state index contributed by atoms with van der Waals surface area (Å²) in [5.41, 5.74) is 6.53. The number of nitrogens with two attached hydrogens (primary N) is 1. The molecule has 0 saturated carbocycles. The molecule has 20 heavy (non-hydrogen) atoms. The SMILES string of the molecule is CC1OCCC1(O)CNc1ccc2cc(N)ccc2n1. The van der Waals surface area contributed by atoms with Gasteiger partial charge in [0.05, 0.1) is 11.6 Å². The third-order valence-corrected chi connectivity index (χ3v) is 3.95. The first kappa shape index (κ1) is 13.1. The van der Waals surface area contributed by atoms with Crippen molar-refractivity contribution in [3.63, 3.8) is 0 Å². The van der Waals surface area contributed by atoms with Gasteiger partial charge in [-0.3, -0.25) is 0 Å². The number of aliphatic hydroxyl groups is 1. The molecule has 1 aromatic heterocycles. The van der Waals surface area contributed by atoms with Gasteiger partial charge in [-0.25, -0.2) is 4.98 Å². The standard InChI is InChI=1S/C15H19N3O2/c1-10-15(19,6-7-20-10)9-17-14-5-2-11-8-12(16)3-4-13(11)18-14/h2-5,8,10,19H,6-7,9,16H2,1H3,(H,17,18). The first-order chi connectivity index (χ1) is 9.57. The van der Waals surface area contributed by atoms with Gasteiger partial charge in [-0.1, -0.05) is 0 Å². The van der Waals surface area contributed by atoms with Gasteiger partial charge >= 0.3 is 0 Å². The molecule has 0 bridgehead atoms. The quantitative estimate of drug-likeness (QED) is 0.743. The maximum atomic E-state index is 10.4. The molecule has 3 rings (SSSR count). The molecule has 2 heterocycles. The number of anilines is 2. The predicted molar refractivity (Wildman–Crippen MR) is 79.6 cm³/mol. The molecular weight excluding hydrogens is 254 g/mol. The number of fused-ring (bicyclic) bond motifs is 1. The van der Waals surface area contributed by atoms with Crippen LogP contribution in [0.15, 0.2) is 30.3 Å². The van der Waals surface area contributed by atoms with Gasteiger partial charge in [0.25, 0.3) is 0 Å². The molecule has 1 aliphatic rings. The van der Waals surface area contributed by atoms with Crippen molar-refractivity contribution in [3.8, 4) is 0 Å². The Morgan fingerprint density at radius 3 is 3.05 bits per heavy atom. The van der Waals surface area contributed by atoms with E-state index in [2.05, 4.69) is 10.3 Å². The number of benzene rings is 1. The molecule has 2 atom stereocenters. The molecule has 1 aromatic carbocycles. The Balaban J connectivity index is 1.76. The fourth-order valence-electron chi connectivity index (χ4n) is 2.49. The van der Waals surface area contributed by atoms with E-state index in [1.165, 1.54) is 0 Å². The molecule has 1 saturated heterocycles. The Morgan fingerprint density at radius 1 is 1.45 bits per heavy atom. The zero-order chi connectivity index (χ0) is 14.2. The van der Waals surface area contributed by atoms with Gasteiger partial charge in [-0.05, 0) is 37.3 Å². The number of hydrogen-bond donors (Lipinski definition) is 3. The molecule has 0 amide bonds. The second kappa shape index (κ2) is 4.92. The average molecular weight is 273 g/mol. The topological polar surface area (TPSA) is 80.4 Å². The van der Waals surface area contributed by atoms with E-state index in [1.807, 2.05) is 37.3 Å². The minimum absolute atomic E-state index is 0.157. The van der Waals surface area contributed by atoms with Crippen LogP contribution >= 0.6 is 0 Å². The van der Waals surface area contributed by atoms with Gasteiger partial charge < -0.3 is 20.9 Å². The van der Waals surface area contributed by atoms with Crippen molar-refractivity contribution in [1.29, 1.82) is 0 Å². The Labute approximate surface area is 117 Å². The summed E-state index contributed by atoms with van der Waals surface area (Å²) in [5.74, 6) is 0.745. The van der Waals surface area contributed by atoms with Crippen LogP contribution in [0.1, 0.15) is 13.3 Å². The van der Waals surface area contributed by atoms with Crippen LogP contribution in [0, 0.1) is 0 Å². The molecule has 1 aliphatic heterocycles. The predicted octanol–water partition coefficient (Wildman–Crippen LogP) is 1.77. The second-order valence-corrected chi connectivity index (χ2v) is 5.37. The van der Waals surface area contributed by atoms with Gasteiger partial charge in [0.1, 0.15) is 11.4 Å². The highest BCUT2D eigenvalue weighted by Gasteiger charge is 2.39. The summed E-state index contributed by atoms with van der Waals surface area (Å²) in [4.78, 5) is 4.51. The van der Waals surface area contributed by atoms with Crippen LogP contribution in [0.3, 0.4) is 0 Å². The summed E-state index contributed by atoms with van der Waals surface area (Å²) in [7, 11) is 0. The Morgan fingerprint density at radius 2 is 2.30 bits per heavy atom. The van der Waals surface area contributed by atoms with E-state index in [9.17, 15) is 5.11 Å². The smallest absolute Gasteiger partial charge is 0.126 e. The minimum atomic E-state index is -0.822. The number of hydrogen-bond acceptors (Lipinski definition) is 5. The zero-order valence-electron chi connectivity index (χ0n) is 11.5. The largest absolute Gasteiger partial charge is 0.399 e. The van der Waals surface area contributed by atoms with Gasteiger partial charge in [0, 0.05) is 30.6 Å².